The molecule has 2 rings (SSSR count). The molecule has 0 bridgehead atoms. The molecule has 0 saturated carbocycles. The molecule has 2 aromatic carbocycles. The van der Waals surface area contributed by atoms with E-state index in [1.807, 2.05) is 19.9 Å². The summed E-state index contributed by atoms with van der Waals surface area (Å²) in [7, 11) is 0. The van der Waals surface area contributed by atoms with Crippen molar-refractivity contribution < 1.29 is 14.6 Å². The van der Waals surface area contributed by atoms with Crippen molar-refractivity contribution in [2.75, 3.05) is 0 Å². The van der Waals surface area contributed by atoms with Gasteiger partial charge in [0, 0.05) is 16.5 Å². The first-order valence-corrected chi connectivity index (χ1v) is 7.53. The highest BCUT2D eigenvalue weighted by atomic mass is 35.5. The topological polar surface area (TPSA) is 46.5 Å². The molecule has 5 heteroatoms. The van der Waals surface area contributed by atoms with Crippen LogP contribution in [0.15, 0.2) is 36.4 Å². The molecule has 1 atom stereocenters. The van der Waals surface area contributed by atoms with Gasteiger partial charge in [-0.3, -0.25) is 0 Å². The zero-order valence-electron chi connectivity index (χ0n) is 12.3. The maximum Gasteiger partial charge on any atom is 0.345 e. The lowest BCUT2D eigenvalue weighted by Crippen LogP contribution is -2.29. The van der Waals surface area contributed by atoms with Crippen LogP contribution in [0.2, 0.25) is 10.0 Å². The lowest BCUT2D eigenvalue weighted by atomic mass is 10.0. The number of carboxylic acids is 1. The van der Waals surface area contributed by atoms with Gasteiger partial charge in [-0.25, -0.2) is 4.79 Å². The fourth-order valence-corrected chi connectivity index (χ4v) is 2.41. The van der Waals surface area contributed by atoms with Crippen LogP contribution in [0, 0.1) is 13.8 Å². The number of rotatable bonds is 5. The summed E-state index contributed by atoms with van der Waals surface area (Å²) in [6.07, 6.45) is -0.749. The van der Waals surface area contributed by atoms with Crippen molar-refractivity contribution in [3.05, 3.63) is 63.1 Å². The van der Waals surface area contributed by atoms with E-state index in [9.17, 15) is 9.90 Å². The predicted molar refractivity (Wildman–Crippen MR) is 88.1 cm³/mol. The summed E-state index contributed by atoms with van der Waals surface area (Å²) < 4.78 is 5.61. The summed E-state index contributed by atoms with van der Waals surface area (Å²) in [6, 6.07) is 10.5. The van der Waals surface area contributed by atoms with Crippen molar-refractivity contribution in [2.45, 2.75) is 26.4 Å². The summed E-state index contributed by atoms with van der Waals surface area (Å²) in [4.78, 5) is 11.5. The van der Waals surface area contributed by atoms with Gasteiger partial charge < -0.3 is 9.84 Å². The van der Waals surface area contributed by atoms with Gasteiger partial charge in [0.05, 0.1) is 0 Å². The van der Waals surface area contributed by atoms with Gasteiger partial charge in [-0.15, -0.1) is 0 Å². The van der Waals surface area contributed by atoms with Crippen molar-refractivity contribution in [3.63, 3.8) is 0 Å². The maximum atomic E-state index is 11.5. The minimum absolute atomic E-state index is 0.239. The fraction of sp³-hybridized carbons (Fsp3) is 0.235. The quantitative estimate of drug-likeness (QED) is 0.860. The average molecular weight is 339 g/mol. The van der Waals surface area contributed by atoms with Gasteiger partial charge in [-0.2, -0.15) is 0 Å². The molecule has 0 radical (unpaired) electrons. The Morgan fingerprint density at radius 2 is 1.86 bits per heavy atom. The third-order valence-electron chi connectivity index (χ3n) is 3.40. The molecule has 0 aliphatic carbocycles. The lowest BCUT2D eigenvalue weighted by molar-refractivity contribution is -0.145. The van der Waals surface area contributed by atoms with Gasteiger partial charge in [0.25, 0.3) is 0 Å². The Bertz CT molecular complexity index is 698. The number of carboxylic acid groups (broad SMARTS) is 1. The van der Waals surface area contributed by atoms with E-state index >= 15 is 0 Å². The van der Waals surface area contributed by atoms with Crippen molar-refractivity contribution in [2.24, 2.45) is 0 Å². The highest BCUT2D eigenvalue weighted by Crippen LogP contribution is 2.24. The molecule has 0 saturated heterocycles. The molecule has 0 spiro atoms. The van der Waals surface area contributed by atoms with Crippen LogP contribution in [0.3, 0.4) is 0 Å². The Hall–Kier alpha value is -1.71. The lowest BCUT2D eigenvalue weighted by Gasteiger charge is -2.17. The first-order chi connectivity index (χ1) is 10.4. The van der Waals surface area contributed by atoms with E-state index in [0.29, 0.717) is 15.8 Å². The molecule has 22 heavy (non-hydrogen) atoms. The molecule has 0 aromatic heterocycles. The molecule has 3 nitrogen and oxygen atoms in total. The van der Waals surface area contributed by atoms with E-state index in [4.69, 9.17) is 27.9 Å². The second kappa shape index (κ2) is 7.03. The van der Waals surface area contributed by atoms with Crippen molar-refractivity contribution in [3.8, 4) is 5.75 Å². The van der Waals surface area contributed by atoms with Crippen LogP contribution in [0.1, 0.15) is 16.7 Å². The van der Waals surface area contributed by atoms with E-state index < -0.39 is 12.1 Å². The number of carbonyl (C=O) groups is 1. The molecule has 1 N–H and O–H groups in total. The Kier molecular flexibility index (Phi) is 5.33. The fourth-order valence-electron chi connectivity index (χ4n) is 2.09. The van der Waals surface area contributed by atoms with Crippen molar-refractivity contribution in [1.29, 1.82) is 0 Å². The van der Waals surface area contributed by atoms with Crippen LogP contribution in [-0.2, 0) is 11.2 Å². The SMILES string of the molecule is Cc1cc(OC(Cc2cc(Cl)ccc2C)C(=O)O)ccc1Cl. The van der Waals surface area contributed by atoms with E-state index in [-0.39, 0.29) is 6.42 Å². The van der Waals surface area contributed by atoms with Crippen LogP contribution in [0.4, 0.5) is 0 Å². The molecular weight excluding hydrogens is 323 g/mol. The Morgan fingerprint density at radius 1 is 1.14 bits per heavy atom. The Balaban J connectivity index is 2.21. The largest absolute Gasteiger partial charge is 0.478 e. The van der Waals surface area contributed by atoms with Crippen molar-refractivity contribution in [1.82, 2.24) is 0 Å². The van der Waals surface area contributed by atoms with Gasteiger partial charge in [0.15, 0.2) is 6.10 Å². The molecule has 116 valence electrons. The Morgan fingerprint density at radius 3 is 2.50 bits per heavy atom. The van der Waals surface area contributed by atoms with Gasteiger partial charge in [-0.1, -0.05) is 29.3 Å². The van der Waals surface area contributed by atoms with E-state index in [2.05, 4.69) is 0 Å². The first kappa shape index (κ1) is 16.7. The number of ether oxygens (including phenoxy) is 1. The molecule has 0 aliphatic heterocycles. The average Bonchev–Trinajstić information content (AvgIpc) is 2.45. The highest BCUT2D eigenvalue weighted by molar-refractivity contribution is 6.31. The Labute approximate surface area is 139 Å². The summed E-state index contributed by atoms with van der Waals surface area (Å²) in [5.41, 5.74) is 2.67. The molecule has 0 fully saturated rings. The number of hydrogen-bond donors (Lipinski definition) is 1. The number of hydrogen-bond acceptors (Lipinski definition) is 2. The summed E-state index contributed by atoms with van der Waals surface area (Å²) in [5.74, 6) is -0.541. The third kappa shape index (κ3) is 4.15. The van der Waals surface area contributed by atoms with Gasteiger partial charge in [-0.05, 0) is 60.9 Å². The van der Waals surface area contributed by atoms with Crippen LogP contribution >= 0.6 is 23.2 Å². The van der Waals surface area contributed by atoms with Crippen LogP contribution < -0.4 is 4.74 Å². The van der Waals surface area contributed by atoms with Gasteiger partial charge in [0.1, 0.15) is 5.75 Å². The standard InChI is InChI=1S/C17H16Cl2O3/c1-10-3-4-13(18)8-12(10)9-16(17(20)21)22-14-5-6-15(19)11(2)7-14/h3-8,16H,9H2,1-2H3,(H,20,21). The number of benzene rings is 2. The second-order valence-corrected chi connectivity index (χ2v) is 5.97. The number of halogens is 2. The van der Waals surface area contributed by atoms with Gasteiger partial charge in [0.2, 0.25) is 0 Å². The van der Waals surface area contributed by atoms with Crippen LogP contribution in [0.25, 0.3) is 0 Å². The van der Waals surface area contributed by atoms with Crippen LogP contribution in [-0.4, -0.2) is 17.2 Å². The van der Waals surface area contributed by atoms with Crippen LogP contribution in [0.5, 0.6) is 5.75 Å². The van der Waals surface area contributed by atoms with E-state index in [0.717, 1.165) is 16.7 Å². The normalized spacial score (nSPS) is 12.0. The van der Waals surface area contributed by atoms with Crippen molar-refractivity contribution >= 4 is 29.2 Å². The smallest absolute Gasteiger partial charge is 0.345 e. The molecule has 1 unspecified atom stereocenters. The second-order valence-electron chi connectivity index (χ2n) is 5.13. The molecule has 2 aromatic rings. The minimum atomic E-state index is -1.02. The first-order valence-electron chi connectivity index (χ1n) is 6.77. The zero-order chi connectivity index (χ0) is 16.3. The molecular formula is C17H16Cl2O3. The summed E-state index contributed by atoms with van der Waals surface area (Å²) in [6.45, 7) is 3.75. The van der Waals surface area contributed by atoms with E-state index in [1.54, 1.807) is 30.3 Å². The summed E-state index contributed by atoms with van der Waals surface area (Å²) in [5, 5.41) is 10.6. The minimum Gasteiger partial charge on any atom is -0.478 e. The predicted octanol–water partition coefficient (Wildman–Crippen LogP) is 4.68. The molecule has 0 heterocycles. The maximum absolute atomic E-state index is 11.5. The number of aliphatic carboxylic acids is 1. The number of aryl methyl sites for hydroxylation is 2. The summed E-state index contributed by atoms with van der Waals surface area (Å²) >= 11 is 11.9. The highest BCUT2D eigenvalue weighted by Gasteiger charge is 2.21. The zero-order valence-corrected chi connectivity index (χ0v) is 13.8. The monoisotopic (exact) mass is 338 g/mol. The van der Waals surface area contributed by atoms with E-state index in [1.165, 1.54) is 0 Å². The van der Waals surface area contributed by atoms with Gasteiger partial charge >= 0.3 is 5.97 Å². The molecule has 0 aliphatic rings. The molecule has 0 amide bonds. The third-order valence-corrected chi connectivity index (χ3v) is 4.06.